The molecule has 0 radical (unpaired) electrons. The van der Waals surface area contributed by atoms with Gasteiger partial charge in [-0.3, -0.25) is 4.79 Å². The van der Waals surface area contributed by atoms with E-state index >= 15 is 0 Å². The second-order valence-electron chi connectivity index (χ2n) is 19.7. The molecule has 9 N–H and O–H groups in total. The molecule has 1 amide bonds. The number of hydrogen-bond donors (Lipinski definition) is 9. The van der Waals surface area contributed by atoms with Crippen LogP contribution in [0.3, 0.4) is 0 Å². The number of carbonyl (C=O) groups is 1. The molecule has 12 unspecified atom stereocenters. The van der Waals surface area contributed by atoms with E-state index in [1.807, 2.05) is 0 Å². The topological polar surface area (TPSA) is 228 Å². The van der Waals surface area contributed by atoms with Gasteiger partial charge in [-0.05, 0) is 51.4 Å². The van der Waals surface area contributed by atoms with E-state index in [2.05, 4.69) is 55.6 Å². The maximum atomic E-state index is 13.2. The van der Waals surface area contributed by atoms with Gasteiger partial charge in [0.25, 0.3) is 0 Å². The molecule has 2 aliphatic heterocycles. The molecule has 69 heavy (non-hydrogen) atoms. The fourth-order valence-corrected chi connectivity index (χ4v) is 9.07. The summed E-state index contributed by atoms with van der Waals surface area (Å²) in [6.45, 7) is 2.80. The smallest absolute Gasteiger partial charge is 0.220 e. The Morgan fingerprint density at radius 3 is 1.46 bits per heavy atom. The lowest BCUT2D eigenvalue weighted by atomic mass is 9.97. The molecule has 12 atom stereocenters. The maximum absolute atomic E-state index is 13.2. The molecule has 2 saturated heterocycles. The van der Waals surface area contributed by atoms with Crippen LogP contribution in [0.2, 0.25) is 0 Å². The van der Waals surface area contributed by atoms with Crippen LogP contribution in [-0.4, -0.2) is 140 Å². The van der Waals surface area contributed by atoms with E-state index in [4.69, 9.17) is 18.9 Å². The lowest BCUT2D eigenvalue weighted by Gasteiger charge is -2.46. The molecule has 2 aliphatic rings. The first-order valence-corrected chi connectivity index (χ1v) is 27.7. The van der Waals surface area contributed by atoms with Crippen molar-refractivity contribution in [3.63, 3.8) is 0 Å². The van der Waals surface area contributed by atoms with Crippen LogP contribution >= 0.6 is 0 Å². The van der Waals surface area contributed by atoms with Crippen molar-refractivity contribution in [2.75, 3.05) is 19.8 Å². The Balaban J connectivity index is 1.67. The molecular weight excluding hydrogens is 883 g/mol. The highest BCUT2D eigenvalue weighted by atomic mass is 16.7. The van der Waals surface area contributed by atoms with E-state index in [1.54, 1.807) is 0 Å². The highest BCUT2D eigenvalue weighted by Gasteiger charge is 2.51. The second-order valence-corrected chi connectivity index (χ2v) is 19.7. The predicted molar refractivity (Wildman–Crippen MR) is 272 cm³/mol. The van der Waals surface area contributed by atoms with Crippen LogP contribution in [0.1, 0.15) is 213 Å². The lowest BCUT2D eigenvalue weighted by Crippen LogP contribution is -2.65. The number of hydrogen-bond acceptors (Lipinski definition) is 13. The third kappa shape index (κ3) is 28.3. The molecule has 0 bridgehead atoms. The van der Waals surface area contributed by atoms with E-state index in [1.165, 1.54) is 122 Å². The van der Waals surface area contributed by atoms with Gasteiger partial charge in [0.1, 0.15) is 48.8 Å². The van der Waals surface area contributed by atoms with Crippen molar-refractivity contribution in [2.24, 2.45) is 0 Å². The van der Waals surface area contributed by atoms with Gasteiger partial charge < -0.3 is 65.1 Å². The average molecular weight is 984 g/mol. The number of amides is 1. The highest BCUT2D eigenvalue weighted by molar-refractivity contribution is 5.76. The molecular formula is C55H101NO13. The molecule has 2 heterocycles. The molecule has 2 rings (SSSR count). The summed E-state index contributed by atoms with van der Waals surface area (Å²) in [5.74, 6) is -0.212. The van der Waals surface area contributed by atoms with Gasteiger partial charge in [-0.15, -0.1) is 0 Å². The van der Waals surface area contributed by atoms with Gasteiger partial charge in [0.15, 0.2) is 12.6 Å². The molecule has 14 nitrogen and oxygen atoms in total. The van der Waals surface area contributed by atoms with Crippen LogP contribution < -0.4 is 5.32 Å². The Bertz CT molecular complexity index is 1300. The minimum atomic E-state index is -1.78. The molecule has 0 aromatic heterocycles. The van der Waals surface area contributed by atoms with Crippen LogP contribution in [0.5, 0.6) is 0 Å². The summed E-state index contributed by atoms with van der Waals surface area (Å²) in [4.78, 5) is 13.2. The Labute approximate surface area is 417 Å². The van der Waals surface area contributed by atoms with Crippen molar-refractivity contribution in [3.05, 3.63) is 36.5 Å². The van der Waals surface area contributed by atoms with E-state index < -0.39 is 86.8 Å². The fraction of sp³-hybridized carbons (Fsp3) is 0.873. The Morgan fingerprint density at radius 1 is 0.522 bits per heavy atom. The van der Waals surface area contributed by atoms with Crippen molar-refractivity contribution >= 4 is 5.91 Å². The van der Waals surface area contributed by atoms with E-state index in [-0.39, 0.29) is 12.5 Å². The third-order valence-corrected chi connectivity index (χ3v) is 13.6. The minimum absolute atomic E-state index is 0.212. The number of nitrogens with one attached hydrogen (secondary N) is 1. The molecule has 2 fully saturated rings. The largest absolute Gasteiger partial charge is 0.394 e. The highest BCUT2D eigenvalue weighted by Crippen LogP contribution is 2.30. The number of allylic oxidation sites excluding steroid dienone is 6. The molecule has 14 heteroatoms. The van der Waals surface area contributed by atoms with Gasteiger partial charge >= 0.3 is 0 Å². The van der Waals surface area contributed by atoms with Gasteiger partial charge in [0.05, 0.1) is 32.0 Å². The zero-order valence-corrected chi connectivity index (χ0v) is 43.1. The fourth-order valence-electron chi connectivity index (χ4n) is 9.07. The first-order chi connectivity index (χ1) is 33.6. The summed E-state index contributed by atoms with van der Waals surface area (Å²) >= 11 is 0. The Morgan fingerprint density at radius 2 is 0.957 bits per heavy atom. The number of carbonyl (C=O) groups excluding carboxylic acids is 1. The summed E-state index contributed by atoms with van der Waals surface area (Å²) in [5, 5.41) is 86.8. The predicted octanol–water partition coefficient (Wildman–Crippen LogP) is 8.27. The van der Waals surface area contributed by atoms with Crippen LogP contribution in [0.4, 0.5) is 0 Å². The molecule has 0 aromatic rings. The quantitative estimate of drug-likeness (QED) is 0.0207. The molecule has 0 aliphatic carbocycles. The first-order valence-electron chi connectivity index (χ1n) is 27.7. The van der Waals surface area contributed by atoms with Crippen molar-refractivity contribution in [1.82, 2.24) is 5.32 Å². The Kier molecular flexibility index (Phi) is 38.2. The number of unbranched alkanes of at least 4 members (excludes halogenated alkanes) is 24. The summed E-state index contributed by atoms with van der Waals surface area (Å²) in [7, 11) is 0. The molecule has 0 spiro atoms. The van der Waals surface area contributed by atoms with Crippen LogP contribution in [0.25, 0.3) is 0 Å². The number of rotatable bonds is 43. The van der Waals surface area contributed by atoms with Crippen LogP contribution in [0.15, 0.2) is 36.5 Å². The number of ether oxygens (including phenoxy) is 4. The average Bonchev–Trinajstić information content (AvgIpc) is 3.35. The maximum Gasteiger partial charge on any atom is 0.220 e. The SMILES string of the molecule is CCCCCCC/C=C\C/C=C\C/C=C\CCCCCCCCCCCCCCC(=O)NC(COC1OC(CO)C(OC2OC(CO)C(O)C(O)C2O)C(O)C1O)C(O)CCCCCCCCCC. The van der Waals surface area contributed by atoms with Crippen molar-refractivity contribution in [3.8, 4) is 0 Å². The molecule has 0 saturated carbocycles. The zero-order chi connectivity index (χ0) is 50.3. The summed E-state index contributed by atoms with van der Waals surface area (Å²) in [5.41, 5.74) is 0. The van der Waals surface area contributed by atoms with E-state index in [9.17, 15) is 45.6 Å². The summed E-state index contributed by atoms with van der Waals surface area (Å²) in [6.07, 6.45) is 31.8. The summed E-state index contributed by atoms with van der Waals surface area (Å²) < 4.78 is 22.7. The molecule has 404 valence electrons. The normalized spacial score (nSPS) is 26.4. The standard InChI is InChI=1S/C55H101NO13/c1-3-5-7-9-11-13-14-15-16-17-18-19-20-21-22-23-24-25-26-27-28-29-30-31-33-35-37-39-47(60)56-43(44(59)38-36-34-32-12-10-8-6-4-2)42-66-54-52(65)50(63)53(46(41-58)68-54)69-55-51(64)49(62)48(61)45(40-57)67-55/h14-15,17-18,20-21,43-46,48-55,57-59,61-65H,3-13,16,19,22-42H2,1-2H3,(H,56,60)/b15-14-,18-17-,21-20-. The van der Waals surface area contributed by atoms with Crippen LogP contribution in [-0.2, 0) is 23.7 Å². The van der Waals surface area contributed by atoms with E-state index in [0.29, 0.717) is 12.8 Å². The van der Waals surface area contributed by atoms with Crippen molar-refractivity contribution in [1.29, 1.82) is 0 Å². The van der Waals surface area contributed by atoms with Crippen LogP contribution in [0, 0.1) is 0 Å². The van der Waals surface area contributed by atoms with Gasteiger partial charge in [-0.2, -0.15) is 0 Å². The molecule has 0 aromatic carbocycles. The first kappa shape index (κ1) is 63.3. The van der Waals surface area contributed by atoms with Gasteiger partial charge in [0.2, 0.25) is 5.91 Å². The van der Waals surface area contributed by atoms with Crippen molar-refractivity contribution < 1.29 is 64.6 Å². The Hall–Kier alpha value is -1.79. The van der Waals surface area contributed by atoms with Gasteiger partial charge in [-0.25, -0.2) is 0 Å². The second kappa shape index (κ2) is 41.7. The number of aliphatic hydroxyl groups excluding tert-OH is 8. The van der Waals surface area contributed by atoms with Gasteiger partial charge in [0, 0.05) is 6.42 Å². The minimum Gasteiger partial charge on any atom is -0.394 e. The van der Waals surface area contributed by atoms with Crippen molar-refractivity contribution in [2.45, 2.75) is 286 Å². The monoisotopic (exact) mass is 984 g/mol. The summed E-state index contributed by atoms with van der Waals surface area (Å²) in [6, 6.07) is -0.827. The third-order valence-electron chi connectivity index (χ3n) is 13.6. The number of aliphatic hydroxyl groups is 8. The van der Waals surface area contributed by atoms with Gasteiger partial charge in [-0.1, -0.05) is 192 Å². The lowest BCUT2D eigenvalue weighted by molar-refractivity contribution is -0.359. The van der Waals surface area contributed by atoms with E-state index in [0.717, 1.165) is 64.2 Å². The zero-order valence-electron chi connectivity index (χ0n) is 43.1.